The summed E-state index contributed by atoms with van der Waals surface area (Å²) in [7, 11) is 0. The van der Waals surface area contributed by atoms with Crippen LogP contribution in [0.25, 0.3) is 11.1 Å². The van der Waals surface area contributed by atoms with Crippen molar-refractivity contribution in [2.45, 2.75) is 70.4 Å². The van der Waals surface area contributed by atoms with Gasteiger partial charge < -0.3 is 25.2 Å². The predicted molar refractivity (Wildman–Crippen MR) is 161 cm³/mol. The summed E-state index contributed by atoms with van der Waals surface area (Å²) in [6, 6.07) is 14.6. The Balaban J connectivity index is 1.31. The zero-order valence-electron chi connectivity index (χ0n) is 24.8. The molecule has 2 aromatic carbocycles. The van der Waals surface area contributed by atoms with Crippen molar-refractivity contribution in [2.75, 3.05) is 13.2 Å². The van der Waals surface area contributed by atoms with Crippen LogP contribution in [0, 0.1) is 11.8 Å². The molecule has 0 heterocycles. The van der Waals surface area contributed by atoms with Gasteiger partial charge in [0.05, 0.1) is 18.4 Å². The van der Waals surface area contributed by atoms with Crippen LogP contribution in [0.2, 0.25) is 0 Å². The summed E-state index contributed by atoms with van der Waals surface area (Å²) in [5.41, 5.74) is 6.01. The average molecular weight is 593 g/mol. The van der Waals surface area contributed by atoms with E-state index >= 15 is 0 Å². The molecule has 2 aromatic rings. The molecular weight excluding hydrogens is 552 g/mol. The first-order chi connectivity index (χ1) is 20.5. The highest BCUT2D eigenvalue weighted by Gasteiger charge is 2.30. The summed E-state index contributed by atoms with van der Waals surface area (Å²) >= 11 is 0. The van der Waals surface area contributed by atoms with E-state index in [1.54, 1.807) is 20.8 Å². The third-order valence-electron chi connectivity index (χ3n) is 7.62. The van der Waals surface area contributed by atoms with E-state index in [9.17, 15) is 19.2 Å². The number of rotatable bonds is 10. The van der Waals surface area contributed by atoms with Crippen LogP contribution in [0.1, 0.15) is 69.9 Å². The SMILES string of the molecule is CC(C)(C)OC(=O)C[C@@H](/C=N/NC(=O)NCC1CCC(C(=O)O)CC1)NC(=O)OCC1c2ccccc2-c2ccccc21. The van der Waals surface area contributed by atoms with Crippen molar-refractivity contribution in [2.24, 2.45) is 16.9 Å². The number of carbonyl (C=O) groups is 4. The number of carbonyl (C=O) groups excluding carboxylic acids is 3. The molecule has 0 unspecified atom stereocenters. The van der Waals surface area contributed by atoms with Gasteiger partial charge in [0, 0.05) is 18.7 Å². The van der Waals surface area contributed by atoms with Gasteiger partial charge in [-0.05, 0) is 74.6 Å². The standard InChI is InChI=1S/C32H40N4O7/c1-32(2,3)43-28(37)16-22(18-34-36-30(40)33-17-20-12-14-21(15-13-20)29(38)39)35-31(41)42-19-27-25-10-6-4-8-23(25)24-9-5-7-11-26(24)27/h4-11,18,20-22,27H,12-17,19H2,1-3H3,(H,35,41)(H,38,39)(H2,33,36,40)/b34-18+/t20?,21?,22-/m0/s1. The van der Waals surface area contributed by atoms with Gasteiger partial charge >= 0.3 is 24.1 Å². The van der Waals surface area contributed by atoms with E-state index in [2.05, 4.69) is 33.3 Å². The minimum atomic E-state index is -0.905. The fourth-order valence-corrected chi connectivity index (χ4v) is 5.57. The minimum Gasteiger partial charge on any atom is -0.481 e. The normalized spacial score (nSPS) is 18.7. The highest BCUT2D eigenvalue weighted by atomic mass is 16.6. The molecule has 3 amide bonds. The molecule has 230 valence electrons. The number of urea groups is 1. The summed E-state index contributed by atoms with van der Waals surface area (Å²) < 4.78 is 11.0. The number of alkyl carbamates (subject to hydrolysis) is 1. The summed E-state index contributed by atoms with van der Waals surface area (Å²) in [6.45, 7) is 5.73. The maximum atomic E-state index is 12.9. The lowest BCUT2D eigenvalue weighted by molar-refractivity contribution is -0.155. The molecule has 0 radical (unpaired) electrons. The molecule has 43 heavy (non-hydrogen) atoms. The molecular formula is C32H40N4O7. The van der Waals surface area contributed by atoms with Gasteiger partial charge in [-0.25, -0.2) is 15.0 Å². The Kier molecular flexibility index (Phi) is 10.4. The highest BCUT2D eigenvalue weighted by Crippen LogP contribution is 2.44. The second-order valence-electron chi connectivity index (χ2n) is 12.0. The number of esters is 1. The maximum absolute atomic E-state index is 12.9. The van der Waals surface area contributed by atoms with E-state index in [0.717, 1.165) is 35.1 Å². The predicted octanol–water partition coefficient (Wildman–Crippen LogP) is 4.80. The smallest absolute Gasteiger partial charge is 0.407 e. The van der Waals surface area contributed by atoms with Crippen molar-refractivity contribution in [3.8, 4) is 11.1 Å². The minimum absolute atomic E-state index is 0.102. The number of carboxylic acid groups (broad SMARTS) is 1. The number of ether oxygens (including phenoxy) is 2. The third-order valence-corrected chi connectivity index (χ3v) is 7.62. The molecule has 0 spiro atoms. The van der Waals surface area contributed by atoms with Crippen LogP contribution in [0.3, 0.4) is 0 Å². The number of carboxylic acids is 1. The molecule has 1 fully saturated rings. The Morgan fingerprint density at radius 1 is 0.977 bits per heavy atom. The van der Waals surface area contributed by atoms with E-state index in [4.69, 9.17) is 14.6 Å². The zero-order chi connectivity index (χ0) is 31.0. The molecule has 0 saturated heterocycles. The highest BCUT2D eigenvalue weighted by molar-refractivity contribution is 5.83. The van der Waals surface area contributed by atoms with Crippen molar-refractivity contribution in [1.82, 2.24) is 16.1 Å². The van der Waals surface area contributed by atoms with Gasteiger partial charge in [0.2, 0.25) is 0 Å². The van der Waals surface area contributed by atoms with Gasteiger partial charge in [0.1, 0.15) is 12.2 Å². The molecule has 2 aliphatic carbocycles. The van der Waals surface area contributed by atoms with Crippen molar-refractivity contribution < 1.29 is 33.8 Å². The number of hydrogen-bond acceptors (Lipinski definition) is 7. The maximum Gasteiger partial charge on any atom is 0.407 e. The molecule has 2 aliphatic rings. The monoisotopic (exact) mass is 592 g/mol. The summed E-state index contributed by atoms with van der Waals surface area (Å²) in [5, 5.41) is 18.4. The number of fused-ring (bicyclic) bond motifs is 3. The lowest BCUT2D eigenvalue weighted by Crippen LogP contribution is -2.41. The van der Waals surface area contributed by atoms with Crippen molar-refractivity contribution in [3.63, 3.8) is 0 Å². The van der Waals surface area contributed by atoms with Gasteiger partial charge in [0.15, 0.2) is 0 Å². The fourth-order valence-electron chi connectivity index (χ4n) is 5.57. The quantitative estimate of drug-likeness (QED) is 0.175. The number of hydrogen-bond donors (Lipinski definition) is 4. The van der Waals surface area contributed by atoms with Gasteiger partial charge in [-0.2, -0.15) is 5.10 Å². The van der Waals surface area contributed by atoms with Gasteiger partial charge in [-0.1, -0.05) is 48.5 Å². The summed E-state index contributed by atoms with van der Waals surface area (Å²) in [4.78, 5) is 48.8. The first-order valence-electron chi connectivity index (χ1n) is 14.6. The molecule has 1 saturated carbocycles. The molecule has 11 nitrogen and oxygen atoms in total. The van der Waals surface area contributed by atoms with E-state index in [-0.39, 0.29) is 30.8 Å². The Morgan fingerprint density at radius 3 is 2.16 bits per heavy atom. The summed E-state index contributed by atoms with van der Waals surface area (Å²) in [5.74, 6) is -1.57. The van der Waals surface area contributed by atoms with Crippen molar-refractivity contribution in [1.29, 1.82) is 0 Å². The third kappa shape index (κ3) is 9.04. The lowest BCUT2D eigenvalue weighted by atomic mass is 9.82. The van der Waals surface area contributed by atoms with E-state index < -0.39 is 35.7 Å². The van der Waals surface area contributed by atoms with E-state index in [0.29, 0.717) is 19.4 Å². The molecule has 0 aromatic heterocycles. The van der Waals surface area contributed by atoms with Gasteiger partial charge in [-0.15, -0.1) is 0 Å². The number of aliphatic carboxylic acids is 1. The van der Waals surface area contributed by atoms with Crippen molar-refractivity contribution in [3.05, 3.63) is 59.7 Å². The topological polar surface area (TPSA) is 155 Å². The molecule has 4 rings (SSSR count). The molecule has 4 N–H and O–H groups in total. The molecule has 0 bridgehead atoms. The summed E-state index contributed by atoms with van der Waals surface area (Å²) in [6.07, 6.45) is 2.93. The van der Waals surface area contributed by atoms with E-state index in [1.165, 1.54) is 6.21 Å². The van der Waals surface area contributed by atoms with Crippen LogP contribution in [0.15, 0.2) is 53.6 Å². The average Bonchev–Trinajstić information content (AvgIpc) is 3.27. The Morgan fingerprint density at radius 2 is 1.58 bits per heavy atom. The number of hydrazone groups is 1. The first-order valence-corrected chi connectivity index (χ1v) is 14.6. The molecule has 11 heteroatoms. The Labute approximate surface area is 251 Å². The molecule has 0 aliphatic heterocycles. The number of benzene rings is 2. The van der Waals surface area contributed by atoms with Crippen LogP contribution in [-0.4, -0.2) is 60.2 Å². The Bertz CT molecular complexity index is 1300. The van der Waals surface area contributed by atoms with Crippen LogP contribution in [0.5, 0.6) is 0 Å². The first kappa shape index (κ1) is 31.5. The second kappa shape index (κ2) is 14.2. The lowest BCUT2D eigenvalue weighted by Gasteiger charge is -2.26. The van der Waals surface area contributed by atoms with Crippen LogP contribution < -0.4 is 16.1 Å². The number of nitrogens with one attached hydrogen (secondary N) is 3. The Hall–Kier alpha value is -4.41. The van der Waals surface area contributed by atoms with Gasteiger partial charge in [0.25, 0.3) is 0 Å². The largest absolute Gasteiger partial charge is 0.481 e. The number of amides is 3. The van der Waals surface area contributed by atoms with Gasteiger partial charge in [-0.3, -0.25) is 9.59 Å². The molecule has 1 atom stereocenters. The van der Waals surface area contributed by atoms with E-state index in [1.807, 2.05) is 36.4 Å². The zero-order valence-corrected chi connectivity index (χ0v) is 24.8. The second-order valence-corrected chi connectivity index (χ2v) is 12.0. The van der Waals surface area contributed by atoms with Crippen molar-refractivity contribution >= 4 is 30.3 Å². The number of nitrogens with zero attached hydrogens (tertiary/aromatic N) is 1. The van der Waals surface area contributed by atoms with Crippen LogP contribution in [0.4, 0.5) is 9.59 Å². The van der Waals surface area contributed by atoms with Crippen LogP contribution in [-0.2, 0) is 19.1 Å². The fraction of sp³-hybridized carbons (Fsp3) is 0.469. The van der Waals surface area contributed by atoms with Crippen LogP contribution >= 0.6 is 0 Å².